The number of hydrogen-bond acceptors (Lipinski definition) is 6. The van der Waals surface area contributed by atoms with Gasteiger partial charge in [0.05, 0.1) is 23.7 Å². The van der Waals surface area contributed by atoms with E-state index in [9.17, 15) is 5.11 Å². The lowest BCUT2D eigenvalue weighted by Crippen LogP contribution is -2.31. The van der Waals surface area contributed by atoms with E-state index in [0.717, 1.165) is 36.4 Å². The van der Waals surface area contributed by atoms with Gasteiger partial charge in [-0.25, -0.2) is 4.98 Å². The Morgan fingerprint density at radius 2 is 2.00 bits per heavy atom. The predicted octanol–water partition coefficient (Wildman–Crippen LogP) is 2.72. The molecule has 3 heterocycles. The Bertz CT molecular complexity index is 1000. The highest BCUT2D eigenvalue weighted by Crippen LogP contribution is 2.33. The molecule has 1 fully saturated rings. The number of likely N-dealkylation sites (tertiary alicyclic amines) is 1. The van der Waals surface area contributed by atoms with Crippen LogP contribution < -0.4 is 0 Å². The van der Waals surface area contributed by atoms with Gasteiger partial charge in [-0.2, -0.15) is 5.26 Å². The van der Waals surface area contributed by atoms with Crippen LogP contribution in [0.1, 0.15) is 24.0 Å². The smallest absolute Gasteiger partial charge is 0.182 e. The lowest BCUT2D eigenvalue weighted by Gasteiger charge is -2.29. The van der Waals surface area contributed by atoms with Crippen molar-refractivity contribution in [3.8, 4) is 23.1 Å². The number of aromatic hydroxyl groups is 1. The summed E-state index contributed by atoms with van der Waals surface area (Å²) in [4.78, 5) is 6.86. The molecule has 0 aliphatic carbocycles. The molecule has 1 aliphatic heterocycles. The Labute approximate surface area is 157 Å². The molecule has 1 aliphatic rings. The first kappa shape index (κ1) is 17.4. The highest BCUT2D eigenvalue weighted by atomic mass is 16.3. The van der Waals surface area contributed by atoms with Crippen molar-refractivity contribution in [1.29, 1.82) is 5.26 Å². The molecule has 2 aromatic heterocycles. The zero-order valence-electron chi connectivity index (χ0n) is 15.6. The van der Waals surface area contributed by atoms with Crippen molar-refractivity contribution in [3.05, 3.63) is 35.7 Å². The fourth-order valence-corrected chi connectivity index (χ4v) is 3.81. The summed E-state index contributed by atoms with van der Waals surface area (Å²) < 4.78 is 2.08. The Morgan fingerprint density at radius 1 is 1.22 bits per heavy atom. The van der Waals surface area contributed by atoms with Gasteiger partial charge in [0.1, 0.15) is 11.3 Å². The molecule has 0 saturated carbocycles. The molecule has 0 spiro atoms. The summed E-state index contributed by atoms with van der Waals surface area (Å²) in [5.74, 6) is 0.663. The van der Waals surface area contributed by atoms with Gasteiger partial charge >= 0.3 is 0 Å². The number of fused-ring (bicyclic) bond motifs is 1. The van der Waals surface area contributed by atoms with Crippen LogP contribution in [0, 0.1) is 24.2 Å². The summed E-state index contributed by atoms with van der Waals surface area (Å²) in [7, 11) is 2.16. The van der Waals surface area contributed by atoms with E-state index in [1.165, 1.54) is 18.9 Å². The van der Waals surface area contributed by atoms with Crippen molar-refractivity contribution in [2.45, 2.75) is 26.3 Å². The maximum absolute atomic E-state index is 10.3. The number of hydrogen-bond donors (Lipinski definition) is 1. The summed E-state index contributed by atoms with van der Waals surface area (Å²) in [6.45, 7) is 5.01. The van der Waals surface area contributed by atoms with Crippen molar-refractivity contribution in [3.63, 3.8) is 0 Å². The van der Waals surface area contributed by atoms with Crippen molar-refractivity contribution in [1.82, 2.24) is 24.6 Å². The molecule has 1 N–H and O–H groups in total. The molecular weight excluding hydrogens is 340 g/mol. The minimum absolute atomic E-state index is 0.0333. The standard InChI is InChI=1S/C20H22N6O/c1-13-7-15(10-21)8-18(27)19(13)16-9-17-20(24-23-16)26(12-22-17)11-14-3-5-25(2)6-4-14/h7-9,12,14,27H,3-6,11H2,1-2H3. The molecule has 0 amide bonds. The molecule has 1 saturated heterocycles. The summed E-state index contributed by atoms with van der Waals surface area (Å²) in [5.41, 5.74) is 3.88. The van der Waals surface area contributed by atoms with Crippen LogP contribution in [0.25, 0.3) is 22.4 Å². The van der Waals surface area contributed by atoms with Gasteiger partial charge < -0.3 is 14.6 Å². The summed E-state index contributed by atoms with van der Waals surface area (Å²) >= 11 is 0. The molecule has 138 valence electrons. The SMILES string of the molecule is Cc1cc(C#N)cc(O)c1-c1cc2ncn(CC3CCN(C)CC3)c2nn1. The fraction of sp³-hybridized carbons (Fsp3) is 0.400. The Hall–Kier alpha value is -2.98. The van der Waals surface area contributed by atoms with Crippen LogP contribution in [0.2, 0.25) is 0 Å². The van der Waals surface area contributed by atoms with Crippen LogP contribution in [-0.4, -0.2) is 49.9 Å². The van der Waals surface area contributed by atoms with Crippen LogP contribution in [0.3, 0.4) is 0 Å². The van der Waals surface area contributed by atoms with Crippen molar-refractivity contribution >= 4 is 11.2 Å². The van der Waals surface area contributed by atoms with E-state index in [4.69, 9.17) is 5.26 Å². The van der Waals surface area contributed by atoms with E-state index >= 15 is 0 Å². The number of nitriles is 1. The highest BCUT2D eigenvalue weighted by Gasteiger charge is 2.19. The minimum atomic E-state index is 0.0333. The molecule has 7 nitrogen and oxygen atoms in total. The van der Waals surface area contributed by atoms with E-state index in [0.29, 0.717) is 22.7 Å². The van der Waals surface area contributed by atoms with Crippen molar-refractivity contribution in [2.24, 2.45) is 5.92 Å². The molecule has 27 heavy (non-hydrogen) atoms. The van der Waals surface area contributed by atoms with E-state index in [1.807, 2.05) is 25.4 Å². The first-order valence-corrected chi connectivity index (χ1v) is 9.16. The largest absolute Gasteiger partial charge is 0.507 e. The molecule has 1 aromatic carbocycles. The van der Waals surface area contributed by atoms with E-state index in [2.05, 4.69) is 31.7 Å². The van der Waals surface area contributed by atoms with Crippen LogP contribution in [0.15, 0.2) is 24.5 Å². The van der Waals surface area contributed by atoms with Crippen LogP contribution >= 0.6 is 0 Å². The molecular formula is C20H22N6O. The molecule has 0 radical (unpaired) electrons. The number of aryl methyl sites for hydroxylation is 1. The number of imidazole rings is 1. The lowest BCUT2D eigenvalue weighted by atomic mass is 9.97. The second kappa shape index (κ2) is 6.97. The maximum Gasteiger partial charge on any atom is 0.182 e. The third-order valence-corrected chi connectivity index (χ3v) is 5.36. The van der Waals surface area contributed by atoms with Crippen LogP contribution in [0.4, 0.5) is 0 Å². The monoisotopic (exact) mass is 362 g/mol. The molecule has 4 rings (SSSR count). The van der Waals surface area contributed by atoms with Crippen LogP contribution in [-0.2, 0) is 6.54 Å². The normalized spacial score (nSPS) is 15.9. The van der Waals surface area contributed by atoms with E-state index < -0.39 is 0 Å². The molecule has 3 aromatic rings. The first-order valence-electron chi connectivity index (χ1n) is 9.16. The van der Waals surface area contributed by atoms with Gasteiger partial charge in [-0.15, -0.1) is 10.2 Å². The van der Waals surface area contributed by atoms with Gasteiger partial charge in [0, 0.05) is 12.1 Å². The molecule has 0 atom stereocenters. The first-order chi connectivity index (χ1) is 13.0. The Morgan fingerprint density at radius 3 is 2.70 bits per heavy atom. The van der Waals surface area contributed by atoms with Crippen LogP contribution in [0.5, 0.6) is 5.75 Å². The highest BCUT2D eigenvalue weighted by molar-refractivity contribution is 5.79. The number of aromatic nitrogens is 4. The number of phenolic OH excluding ortho intramolecular Hbond substituents is 1. The zero-order valence-corrected chi connectivity index (χ0v) is 15.6. The van der Waals surface area contributed by atoms with Gasteiger partial charge in [-0.3, -0.25) is 0 Å². The Kier molecular flexibility index (Phi) is 4.50. The van der Waals surface area contributed by atoms with E-state index in [-0.39, 0.29) is 5.75 Å². The minimum Gasteiger partial charge on any atom is -0.507 e. The van der Waals surface area contributed by atoms with Crippen molar-refractivity contribution < 1.29 is 5.11 Å². The number of nitrogens with zero attached hydrogens (tertiary/aromatic N) is 6. The Balaban J connectivity index is 1.64. The van der Waals surface area contributed by atoms with E-state index in [1.54, 1.807) is 6.07 Å². The zero-order chi connectivity index (χ0) is 19.0. The lowest BCUT2D eigenvalue weighted by molar-refractivity contribution is 0.206. The molecule has 0 bridgehead atoms. The average Bonchev–Trinajstić information content (AvgIpc) is 3.05. The second-order valence-corrected chi connectivity index (χ2v) is 7.38. The number of phenols is 1. The van der Waals surface area contributed by atoms with Gasteiger partial charge in [0.15, 0.2) is 5.65 Å². The molecule has 7 heteroatoms. The second-order valence-electron chi connectivity index (χ2n) is 7.38. The number of benzene rings is 1. The average molecular weight is 362 g/mol. The maximum atomic E-state index is 10.3. The number of rotatable bonds is 3. The van der Waals surface area contributed by atoms with Gasteiger partial charge in [0.2, 0.25) is 0 Å². The topological polar surface area (TPSA) is 90.9 Å². The summed E-state index contributed by atoms with van der Waals surface area (Å²) in [6.07, 6.45) is 4.19. The fourth-order valence-electron chi connectivity index (χ4n) is 3.81. The number of piperidine rings is 1. The third-order valence-electron chi connectivity index (χ3n) is 5.36. The van der Waals surface area contributed by atoms with Gasteiger partial charge in [-0.1, -0.05) is 0 Å². The van der Waals surface area contributed by atoms with Gasteiger partial charge in [-0.05, 0) is 69.6 Å². The summed E-state index contributed by atoms with van der Waals surface area (Å²) in [6, 6.07) is 7.08. The van der Waals surface area contributed by atoms with Crippen molar-refractivity contribution in [2.75, 3.05) is 20.1 Å². The third kappa shape index (κ3) is 3.36. The summed E-state index contributed by atoms with van der Waals surface area (Å²) in [5, 5.41) is 28.1. The molecule has 0 unspecified atom stereocenters. The quantitative estimate of drug-likeness (QED) is 0.770. The predicted molar refractivity (Wildman–Crippen MR) is 102 cm³/mol. The van der Waals surface area contributed by atoms with Gasteiger partial charge in [0.25, 0.3) is 0 Å².